The van der Waals surface area contributed by atoms with E-state index >= 15 is 0 Å². The molecule has 0 bridgehead atoms. The minimum Gasteiger partial charge on any atom is -0.465 e. The van der Waals surface area contributed by atoms with Crippen LogP contribution in [0.3, 0.4) is 0 Å². The summed E-state index contributed by atoms with van der Waals surface area (Å²) in [4.78, 5) is 36.7. The maximum Gasteiger partial charge on any atom is 0.408 e. The van der Waals surface area contributed by atoms with Gasteiger partial charge in [-0.05, 0) is 18.2 Å². The summed E-state index contributed by atoms with van der Waals surface area (Å²) in [7, 11) is 1.43. The van der Waals surface area contributed by atoms with Crippen LogP contribution in [0, 0.1) is 5.82 Å². The molecule has 0 spiro atoms. The Morgan fingerprint density at radius 3 is 2.68 bits per heavy atom. The van der Waals surface area contributed by atoms with E-state index < -0.39 is 35.5 Å². The van der Waals surface area contributed by atoms with E-state index in [1.165, 1.54) is 42.1 Å². The van der Waals surface area contributed by atoms with Crippen molar-refractivity contribution in [1.29, 1.82) is 0 Å². The normalized spacial score (nSPS) is 18.9. The lowest BCUT2D eigenvalue weighted by Crippen LogP contribution is -2.42. The van der Waals surface area contributed by atoms with Crippen LogP contribution >= 0.6 is 11.6 Å². The number of likely N-dealkylation sites (tertiary alicyclic amines) is 1. The van der Waals surface area contributed by atoms with Gasteiger partial charge in [-0.15, -0.1) is 0 Å². The first-order chi connectivity index (χ1) is 13.3. The van der Waals surface area contributed by atoms with Gasteiger partial charge in [-0.2, -0.15) is 0 Å². The van der Waals surface area contributed by atoms with E-state index in [-0.39, 0.29) is 29.4 Å². The first kappa shape index (κ1) is 19.8. The second-order valence-electron chi connectivity index (χ2n) is 6.25. The van der Waals surface area contributed by atoms with Crippen LogP contribution in [0.25, 0.3) is 5.69 Å². The van der Waals surface area contributed by atoms with Crippen molar-refractivity contribution in [2.75, 3.05) is 19.0 Å². The summed E-state index contributed by atoms with van der Waals surface area (Å²) in [5, 5.41) is 11.9. The summed E-state index contributed by atoms with van der Waals surface area (Å²) in [5.41, 5.74) is -0.302. The molecular formula is C18H17ClFN3O5. The highest BCUT2D eigenvalue weighted by molar-refractivity contribution is 6.30. The number of aromatic nitrogens is 1. The Morgan fingerprint density at radius 2 is 2.07 bits per heavy atom. The summed E-state index contributed by atoms with van der Waals surface area (Å²) in [5.74, 6) is -1.42. The fraction of sp³-hybridized carbons (Fsp3) is 0.278. The quantitative estimate of drug-likeness (QED) is 0.807. The molecule has 2 aromatic rings. The summed E-state index contributed by atoms with van der Waals surface area (Å²) in [6.07, 6.45) is -0.0751. The second-order valence-corrected chi connectivity index (χ2v) is 6.69. The Labute approximate surface area is 164 Å². The van der Waals surface area contributed by atoms with E-state index in [1.54, 1.807) is 0 Å². The molecule has 1 aliphatic heterocycles. The predicted molar refractivity (Wildman–Crippen MR) is 99.6 cm³/mol. The molecule has 1 saturated heterocycles. The van der Waals surface area contributed by atoms with Gasteiger partial charge in [0.15, 0.2) is 0 Å². The number of pyridine rings is 1. The highest BCUT2D eigenvalue weighted by atomic mass is 35.5. The van der Waals surface area contributed by atoms with E-state index in [0.29, 0.717) is 0 Å². The first-order valence-corrected chi connectivity index (χ1v) is 8.69. The smallest absolute Gasteiger partial charge is 0.408 e. The SMILES string of the molecule is CO[C@@H]1C[C@H](C(=O)Nc2ccc(-n3ccc(Cl)cc3=O)cc2F)N(C(=O)O)C1. The van der Waals surface area contributed by atoms with Crippen LogP contribution in [0.5, 0.6) is 0 Å². The van der Waals surface area contributed by atoms with Crippen molar-refractivity contribution in [3.63, 3.8) is 0 Å². The third-order valence-electron chi connectivity index (χ3n) is 4.51. The fourth-order valence-electron chi connectivity index (χ4n) is 3.07. The van der Waals surface area contributed by atoms with E-state index in [1.807, 2.05) is 0 Å². The zero-order valence-electron chi connectivity index (χ0n) is 14.8. The number of methoxy groups -OCH3 is 1. The molecule has 1 aromatic carbocycles. The lowest BCUT2D eigenvalue weighted by Gasteiger charge is -2.20. The number of carbonyl (C=O) groups excluding carboxylic acids is 1. The topological polar surface area (TPSA) is 101 Å². The number of ether oxygens (including phenoxy) is 1. The number of carbonyl (C=O) groups is 2. The summed E-state index contributed by atoms with van der Waals surface area (Å²) < 4.78 is 20.8. The number of hydrogen-bond donors (Lipinski definition) is 2. The average Bonchev–Trinajstić information content (AvgIpc) is 3.08. The van der Waals surface area contributed by atoms with Crippen molar-refractivity contribution in [3.8, 4) is 5.69 Å². The van der Waals surface area contributed by atoms with Crippen LogP contribution < -0.4 is 10.9 Å². The Kier molecular flexibility index (Phi) is 5.66. The molecule has 2 N–H and O–H groups in total. The van der Waals surface area contributed by atoms with E-state index in [4.69, 9.17) is 16.3 Å². The lowest BCUT2D eigenvalue weighted by atomic mass is 10.1. The van der Waals surface area contributed by atoms with Crippen molar-refractivity contribution in [2.45, 2.75) is 18.6 Å². The minimum atomic E-state index is -1.25. The van der Waals surface area contributed by atoms with Crippen LogP contribution in [0.15, 0.2) is 41.3 Å². The van der Waals surface area contributed by atoms with Crippen molar-refractivity contribution in [1.82, 2.24) is 9.47 Å². The third-order valence-corrected chi connectivity index (χ3v) is 4.75. The molecule has 1 fully saturated rings. The summed E-state index contributed by atoms with van der Waals surface area (Å²) in [6.45, 7) is 0.0603. The van der Waals surface area contributed by atoms with E-state index in [9.17, 15) is 23.9 Å². The standard InChI is InChI=1S/C18H17ClFN3O5/c1-28-12-8-15(23(9-12)18(26)27)17(25)21-14-3-2-11(7-13(14)20)22-5-4-10(19)6-16(22)24/h2-7,12,15H,8-9H2,1H3,(H,21,25)(H,26,27)/t12-,15-/m1/s1. The number of halogens is 2. The molecule has 0 saturated carbocycles. The van der Waals surface area contributed by atoms with Crippen LogP contribution in [0.1, 0.15) is 6.42 Å². The van der Waals surface area contributed by atoms with Gasteiger partial charge in [0, 0.05) is 36.9 Å². The zero-order valence-corrected chi connectivity index (χ0v) is 15.5. The molecule has 0 radical (unpaired) electrons. The van der Waals surface area contributed by atoms with Crippen LogP contribution in [-0.4, -0.2) is 52.4 Å². The highest BCUT2D eigenvalue weighted by Crippen LogP contribution is 2.23. The molecule has 3 rings (SSSR count). The molecule has 1 aliphatic rings. The van der Waals surface area contributed by atoms with Crippen molar-refractivity contribution in [3.05, 3.63) is 57.7 Å². The number of benzene rings is 1. The molecule has 2 amide bonds. The monoisotopic (exact) mass is 409 g/mol. The number of carboxylic acid groups (broad SMARTS) is 1. The van der Waals surface area contributed by atoms with Gasteiger partial charge in [-0.1, -0.05) is 11.6 Å². The first-order valence-electron chi connectivity index (χ1n) is 8.31. The van der Waals surface area contributed by atoms with E-state index in [2.05, 4.69) is 5.32 Å². The molecular weight excluding hydrogens is 393 g/mol. The maximum atomic E-state index is 14.5. The van der Waals surface area contributed by atoms with Gasteiger partial charge >= 0.3 is 6.09 Å². The van der Waals surface area contributed by atoms with Gasteiger partial charge in [0.2, 0.25) is 5.91 Å². The van der Waals surface area contributed by atoms with Crippen LogP contribution in [0.4, 0.5) is 14.9 Å². The average molecular weight is 410 g/mol. The van der Waals surface area contributed by atoms with Crippen molar-refractivity contribution >= 4 is 29.3 Å². The molecule has 28 heavy (non-hydrogen) atoms. The highest BCUT2D eigenvalue weighted by Gasteiger charge is 2.40. The molecule has 10 heteroatoms. The number of rotatable bonds is 4. The largest absolute Gasteiger partial charge is 0.465 e. The number of nitrogens with one attached hydrogen (secondary N) is 1. The number of hydrogen-bond acceptors (Lipinski definition) is 4. The Morgan fingerprint density at radius 1 is 1.32 bits per heavy atom. The molecule has 0 unspecified atom stereocenters. The van der Waals surface area contributed by atoms with E-state index in [0.717, 1.165) is 11.0 Å². The maximum absolute atomic E-state index is 14.5. The van der Waals surface area contributed by atoms with Gasteiger partial charge in [-0.25, -0.2) is 9.18 Å². The molecule has 2 atom stereocenters. The second kappa shape index (κ2) is 7.99. The van der Waals surface area contributed by atoms with Gasteiger partial charge < -0.3 is 15.2 Å². The predicted octanol–water partition coefficient (Wildman–Crippen LogP) is 2.34. The fourth-order valence-corrected chi connectivity index (χ4v) is 3.22. The number of amides is 2. The molecule has 2 heterocycles. The molecule has 8 nitrogen and oxygen atoms in total. The molecule has 0 aliphatic carbocycles. The van der Waals surface area contributed by atoms with Gasteiger partial charge in [0.25, 0.3) is 5.56 Å². The Balaban J connectivity index is 1.80. The van der Waals surface area contributed by atoms with Crippen molar-refractivity contribution < 1.29 is 23.8 Å². The Hall–Kier alpha value is -2.91. The third kappa shape index (κ3) is 4.00. The lowest BCUT2D eigenvalue weighted by molar-refractivity contribution is -0.120. The van der Waals surface area contributed by atoms with Gasteiger partial charge in [0.1, 0.15) is 11.9 Å². The zero-order chi connectivity index (χ0) is 20.4. The van der Waals surface area contributed by atoms with Gasteiger partial charge in [0.05, 0.1) is 24.0 Å². The van der Waals surface area contributed by atoms with Crippen LogP contribution in [0.2, 0.25) is 5.02 Å². The number of anilines is 1. The molecule has 148 valence electrons. The minimum absolute atomic E-state index is 0.0603. The summed E-state index contributed by atoms with van der Waals surface area (Å²) in [6, 6.07) is 5.55. The summed E-state index contributed by atoms with van der Waals surface area (Å²) >= 11 is 5.75. The number of nitrogens with zero attached hydrogens (tertiary/aromatic N) is 2. The van der Waals surface area contributed by atoms with Gasteiger partial charge in [-0.3, -0.25) is 19.1 Å². The van der Waals surface area contributed by atoms with Crippen molar-refractivity contribution in [2.24, 2.45) is 0 Å². The van der Waals surface area contributed by atoms with Crippen LogP contribution in [-0.2, 0) is 9.53 Å². The Bertz CT molecular complexity index is 980. The molecule has 1 aromatic heterocycles.